The zero-order valence-corrected chi connectivity index (χ0v) is 14.2. The molecule has 0 bridgehead atoms. The number of carbonyl (C=O) groups is 1. The van der Waals surface area contributed by atoms with E-state index in [0.717, 1.165) is 12.8 Å². The van der Waals surface area contributed by atoms with Crippen LogP contribution in [-0.2, 0) is 0 Å². The maximum Gasteiger partial charge on any atom is 0.252 e. The summed E-state index contributed by atoms with van der Waals surface area (Å²) in [6, 6.07) is 4.09. The first kappa shape index (κ1) is 16.6. The Kier molecular flexibility index (Phi) is 7.00. The van der Waals surface area contributed by atoms with E-state index in [1.165, 1.54) is 18.2 Å². The Hall–Kier alpha value is -0.420. The van der Waals surface area contributed by atoms with Crippen LogP contribution in [0.25, 0.3) is 0 Å². The average molecular weight is 395 g/mol. The number of hydrogen-bond donors (Lipinski definition) is 1. The van der Waals surface area contributed by atoms with Gasteiger partial charge in [0.05, 0.1) is 5.56 Å². The van der Waals surface area contributed by atoms with Gasteiger partial charge in [0.2, 0.25) is 0 Å². The second-order valence-electron chi connectivity index (χ2n) is 4.43. The van der Waals surface area contributed by atoms with Crippen LogP contribution < -0.4 is 5.32 Å². The van der Waals surface area contributed by atoms with Crippen molar-refractivity contribution in [3.63, 3.8) is 0 Å². The van der Waals surface area contributed by atoms with E-state index in [-0.39, 0.29) is 10.7 Å². The molecule has 0 aromatic heterocycles. The monoisotopic (exact) mass is 393 g/mol. The number of rotatable bonds is 6. The van der Waals surface area contributed by atoms with Crippen LogP contribution in [0.4, 0.5) is 4.39 Å². The molecule has 19 heavy (non-hydrogen) atoms. The predicted octanol–water partition coefficient (Wildman–Crippen LogP) is 4.52. The molecule has 0 fully saturated rings. The van der Waals surface area contributed by atoms with E-state index in [4.69, 9.17) is 0 Å². The van der Waals surface area contributed by atoms with Gasteiger partial charge < -0.3 is 5.32 Å². The van der Waals surface area contributed by atoms with Crippen molar-refractivity contribution in [2.45, 2.75) is 31.5 Å². The van der Waals surface area contributed by atoms with Gasteiger partial charge in [-0.1, -0.05) is 42.6 Å². The zero-order valence-electron chi connectivity index (χ0n) is 11.1. The lowest BCUT2D eigenvalue weighted by Crippen LogP contribution is -2.33. The Balaban J connectivity index is 2.63. The number of nitrogens with one attached hydrogen (secondary N) is 1. The number of carbonyl (C=O) groups excluding carboxylic acids is 1. The van der Waals surface area contributed by atoms with E-state index < -0.39 is 5.82 Å². The van der Waals surface area contributed by atoms with Crippen LogP contribution in [-0.4, -0.2) is 17.3 Å². The Morgan fingerprint density at radius 3 is 2.58 bits per heavy atom. The van der Waals surface area contributed by atoms with Gasteiger partial charge in [-0.3, -0.25) is 4.79 Å². The Morgan fingerprint density at radius 1 is 1.37 bits per heavy atom. The normalized spacial score (nSPS) is 12.5. The van der Waals surface area contributed by atoms with E-state index >= 15 is 0 Å². The number of alkyl halides is 1. The minimum atomic E-state index is -0.413. The van der Waals surface area contributed by atoms with Crippen LogP contribution in [0.3, 0.4) is 0 Å². The van der Waals surface area contributed by atoms with Crippen LogP contribution in [0, 0.1) is 11.7 Å². The van der Waals surface area contributed by atoms with Crippen molar-refractivity contribution in [1.29, 1.82) is 0 Å². The minimum absolute atomic E-state index is 0.235. The number of hydrogen-bond acceptors (Lipinski definition) is 1. The van der Waals surface area contributed by atoms with Gasteiger partial charge in [-0.25, -0.2) is 4.39 Å². The molecule has 0 heterocycles. The molecule has 1 rings (SSSR count). The molecular formula is C14H18Br2FNO. The lowest BCUT2D eigenvalue weighted by atomic mass is 9.99. The predicted molar refractivity (Wildman–Crippen MR) is 83.2 cm³/mol. The number of amides is 1. The molecule has 2 nitrogen and oxygen atoms in total. The zero-order chi connectivity index (χ0) is 14.4. The second-order valence-corrected chi connectivity index (χ2v) is 6.46. The van der Waals surface area contributed by atoms with Gasteiger partial charge in [-0.2, -0.15) is 0 Å². The van der Waals surface area contributed by atoms with Gasteiger partial charge >= 0.3 is 0 Å². The highest BCUT2D eigenvalue weighted by atomic mass is 79.9. The summed E-state index contributed by atoms with van der Waals surface area (Å²) in [5.74, 6) is -0.151. The van der Waals surface area contributed by atoms with Crippen LogP contribution in [0.2, 0.25) is 0 Å². The van der Waals surface area contributed by atoms with E-state index in [0.29, 0.717) is 22.5 Å². The van der Waals surface area contributed by atoms with Crippen LogP contribution >= 0.6 is 31.9 Å². The van der Waals surface area contributed by atoms with E-state index in [9.17, 15) is 9.18 Å². The molecule has 1 unspecified atom stereocenters. The standard InChI is InChI=1S/C14H18Br2FNO/c1-3-9(4-2)13(16)8-18-14(19)11-7-10(17)5-6-12(11)15/h5-7,9,13H,3-4,8H2,1-2H3,(H,18,19). The average Bonchev–Trinajstić information content (AvgIpc) is 2.40. The molecule has 0 aliphatic carbocycles. The summed E-state index contributed by atoms with van der Waals surface area (Å²) >= 11 is 6.85. The van der Waals surface area contributed by atoms with E-state index in [2.05, 4.69) is 51.0 Å². The van der Waals surface area contributed by atoms with Gasteiger partial charge in [-0.05, 0) is 40.0 Å². The fourth-order valence-corrected chi connectivity index (χ4v) is 3.26. The molecule has 0 radical (unpaired) electrons. The molecule has 1 aromatic rings. The molecule has 1 amide bonds. The molecule has 0 spiro atoms. The van der Waals surface area contributed by atoms with Gasteiger partial charge in [-0.15, -0.1) is 0 Å². The van der Waals surface area contributed by atoms with Gasteiger partial charge in [0.25, 0.3) is 5.91 Å². The lowest BCUT2D eigenvalue weighted by Gasteiger charge is -2.20. The van der Waals surface area contributed by atoms with Gasteiger partial charge in [0.15, 0.2) is 0 Å². The van der Waals surface area contributed by atoms with Crippen molar-refractivity contribution < 1.29 is 9.18 Å². The maximum atomic E-state index is 13.1. The van der Waals surface area contributed by atoms with Crippen molar-refractivity contribution in [2.75, 3.05) is 6.54 Å². The summed E-state index contributed by atoms with van der Waals surface area (Å²) in [6.45, 7) is 4.80. The smallest absolute Gasteiger partial charge is 0.252 e. The lowest BCUT2D eigenvalue weighted by molar-refractivity contribution is 0.0951. The molecule has 1 aromatic carbocycles. The molecule has 1 N–H and O–H groups in total. The van der Waals surface area contributed by atoms with E-state index in [1.54, 1.807) is 0 Å². The Bertz CT molecular complexity index is 435. The van der Waals surface area contributed by atoms with E-state index in [1.807, 2.05) is 0 Å². The molecule has 0 aliphatic rings. The third-order valence-corrected chi connectivity index (χ3v) is 4.95. The molecule has 0 aliphatic heterocycles. The first-order valence-electron chi connectivity index (χ1n) is 6.36. The quantitative estimate of drug-likeness (QED) is 0.706. The third kappa shape index (κ3) is 4.88. The Morgan fingerprint density at radius 2 is 2.00 bits per heavy atom. The maximum absolute atomic E-state index is 13.1. The van der Waals surface area contributed by atoms with Crippen molar-refractivity contribution >= 4 is 37.8 Å². The molecule has 0 saturated heterocycles. The fraction of sp³-hybridized carbons (Fsp3) is 0.500. The summed E-state index contributed by atoms with van der Waals surface area (Å²) in [7, 11) is 0. The SMILES string of the molecule is CCC(CC)C(Br)CNC(=O)c1cc(F)ccc1Br. The van der Waals surface area contributed by atoms with Gasteiger partial charge in [0, 0.05) is 15.8 Å². The highest BCUT2D eigenvalue weighted by Crippen LogP contribution is 2.21. The second kappa shape index (κ2) is 8.00. The molecule has 0 saturated carbocycles. The summed E-state index contributed by atoms with van der Waals surface area (Å²) in [5, 5.41) is 2.83. The largest absolute Gasteiger partial charge is 0.351 e. The van der Waals surface area contributed by atoms with Crippen molar-refractivity contribution in [3.05, 3.63) is 34.1 Å². The summed E-state index contributed by atoms with van der Waals surface area (Å²) in [5.41, 5.74) is 0.323. The van der Waals surface area contributed by atoms with Crippen molar-refractivity contribution in [1.82, 2.24) is 5.32 Å². The number of halogens is 3. The fourth-order valence-electron chi connectivity index (χ4n) is 1.92. The summed E-state index contributed by atoms with van der Waals surface area (Å²) in [6.07, 6.45) is 2.12. The third-order valence-electron chi connectivity index (χ3n) is 3.19. The Labute approximate surface area is 130 Å². The van der Waals surface area contributed by atoms with Crippen LogP contribution in [0.15, 0.2) is 22.7 Å². The van der Waals surface area contributed by atoms with Crippen LogP contribution in [0.1, 0.15) is 37.0 Å². The van der Waals surface area contributed by atoms with Gasteiger partial charge in [0.1, 0.15) is 5.82 Å². The van der Waals surface area contributed by atoms with Crippen LogP contribution in [0.5, 0.6) is 0 Å². The molecule has 5 heteroatoms. The highest BCUT2D eigenvalue weighted by Gasteiger charge is 2.17. The van der Waals surface area contributed by atoms with Crippen molar-refractivity contribution in [2.24, 2.45) is 5.92 Å². The highest BCUT2D eigenvalue weighted by molar-refractivity contribution is 9.10. The first-order valence-corrected chi connectivity index (χ1v) is 8.07. The molecular weight excluding hydrogens is 377 g/mol. The summed E-state index contributed by atoms with van der Waals surface area (Å²) in [4.78, 5) is 12.2. The minimum Gasteiger partial charge on any atom is -0.351 e. The topological polar surface area (TPSA) is 29.1 Å². The first-order chi connectivity index (χ1) is 8.99. The molecule has 1 atom stereocenters. The molecule has 106 valence electrons. The number of benzene rings is 1. The summed E-state index contributed by atoms with van der Waals surface area (Å²) < 4.78 is 13.7. The van der Waals surface area contributed by atoms with Crippen molar-refractivity contribution in [3.8, 4) is 0 Å².